The van der Waals surface area contributed by atoms with E-state index in [1.165, 1.54) is 0 Å². The molecule has 2 N–H and O–H groups in total. The number of aliphatic hydroxyl groups excluding tert-OH is 2. The quantitative estimate of drug-likeness (QED) is 0.747. The van der Waals surface area contributed by atoms with Gasteiger partial charge in [0.05, 0.1) is 12.7 Å². The molecule has 1 rings (SSSR count). The minimum atomic E-state index is -1.66. The zero-order valence-electron chi connectivity index (χ0n) is 11.2. The molecule has 0 spiro atoms. The summed E-state index contributed by atoms with van der Waals surface area (Å²) in [6.45, 7) is 11.1. The average molecular weight is 246 g/mol. The highest BCUT2D eigenvalue weighted by Gasteiger charge is 2.43. The molecule has 0 bridgehead atoms. The topological polar surface area (TPSA) is 49.7 Å². The van der Waals surface area contributed by atoms with Crippen molar-refractivity contribution >= 4 is 8.32 Å². The molecule has 1 aliphatic carbocycles. The Morgan fingerprint density at radius 2 is 1.81 bits per heavy atom. The lowest BCUT2D eigenvalue weighted by Gasteiger charge is -2.45. The summed E-state index contributed by atoms with van der Waals surface area (Å²) in [5.74, 6) is 0.236. The predicted molar refractivity (Wildman–Crippen MR) is 67.9 cm³/mol. The van der Waals surface area contributed by atoms with Crippen molar-refractivity contribution < 1.29 is 14.6 Å². The van der Waals surface area contributed by atoms with Gasteiger partial charge in [-0.3, -0.25) is 0 Å². The lowest BCUT2D eigenvalue weighted by atomic mass is 9.79. The van der Waals surface area contributed by atoms with E-state index in [4.69, 9.17) is 9.53 Å². The van der Waals surface area contributed by atoms with E-state index in [1.54, 1.807) is 0 Å². The van der Waals surface area contributed by atoms with Crippen LogP contribution < -0.4 is 0 Å². The van der Waals surface area contributed by atoms with Crippen LogP contribution in [0.3, 0.4) is 0 Å². The van der Waals surface area contributed by atoms with Crippen molar-refractivity contribution in [3.05, 3.63) is 0 Å². The van der Waals surface area contributed by atoms with E-state index >= 15 is 0 Å². The maximum Gasteiger partial charge on any atom is 0.192 e. The van der Waals surface area contributed by atoms with Gasteiger partial charge in [-0.15, -0.1) is 0 Å². The molecule has 1 atom stereocenters. The first kappa shape index (κ1) is 14.2. The van der Waals surface area contributed by atoms with Gasteiger partial charge in [0.25, 0.3) is 0 Å². The molecule has 0 aromatic heterocycles. The van der Waals surface area contributed by atoms with Crippen molar-refractivity contribution in [3.8, 4) is 0 Å². The molecule has 0 aromatic carbocycles. The zero-order valence-corrected chi connectivity index (χ0v) is 12.2. The molecular formula is C12H26O3Si. The second kappa shape index (κ2) is 4.76. The number of hydrogen-bond donors (Lipinski definition) is 2. The molecule has 0 amide bonds. The smallest absolute Gasteiger partial charge is 0.192 e. The van der Waals surface area contributed by atoms with Crippen LogP contribution in [0.1, 0.15) is 33.6 Å². The van der Waals surface area contributed by atoms with Crippen LogP contribution in [0.2, 0.25) is 18.1 Å². The highest BCUT2D eigenvalue weighted by molar-refractivity contribution is 6.74. The van der Waals surface area contributed by atoms with Crippen molar-refractivity contribution in [3.63, 3.8) is 0 Å². The molecule has 16 heavy (non-hydrogen) atoms. The van der Waals surface area contributed by atoms with Gasteiger partial charge in [-0.05, 0) is 36.9 Å². The monoisotopic (exact) mass is 246 g/mol. The summed E-state index contributed by atoms with van der Waals surface area (Å²) in [6, 6.07) is 0. The summed E-state index contributed by atoms with van der Waals surface area (Å²) in [6.07, 6.45) is 1.54. The first-order valence-corrected chi connectivity index (χ1v) is 9.05. The van der Waals surface area contributed by atoms with Gasteiger partial charge in [0.15, 0.2) is 8.32 Å². The van der Waals surface area contributed by atoms with E-state index in [1.807, 2.05) is 0 Å². The second-order valence-corrected chi connectivity index (χ2v) is 11.2. The molecular weight excluding hydrogens is 220 g/mol. The molecule has 1 aliphatic rings. The molecule has 3 nitrogen and oxygen atoms in total. The van der Waals surface area contributed by atoms with E-state index in [0.29, 0.717) is 6.10 Å². The maximum atomic E-state index is 9.46. The molecule has 96 valence electrons. The largest absolute Gasteiger partial charge is 0.414 e. The van der Waals surface area contributed by atoms with Gasteiger partial charge in [-0.25, -0.2) is 0 Å². The molecule has 1 fully saturated rings. The molecule has 0 saturated heterocycles. The van der Waals surface area contributed by atoms with Gasteiger partial charge in [-0.2, -0.15) is 0 Å². The van der Waals surface area contributed by atoms with Crippen molar-refractivity contribution in [2.45, 2.75) is 64.0 Å². The number of rotatable bonds is 4. The minimum Gasteiger partial charge on any atom is -0.414 e. The summed E-state index contributed by atoms with van der Waals surface area (Å²) in [4.78, 5) is 0. The normalized spacial score (nSPS) is 28.7. The Balaban J connectivity index is 2.38. The molecule has 0 heterocycles. The summed E-state index contributed by atoms with van der Waals surface area (Å²) in [7, 11) is -1.66. The fourth-order valence-electron chi connectivity index (χ4n) is 1.76. The molecule has 4 heteroatoms. The lowest BCUT2D eigenvalue weighted by molar-refractivity contribution is -0.0419. The van der Waals surface area contributed by atoms with Gasteiger partial charge in [0.1, 0.15) is 0 Å². The summed E-state index contributed by atoms with van der Waals surface area (Å²) >= 11 is 0. The number of hydrogen-bond acceptors (Lipinski definition) is 3. The van der Waals surface area contributed by atoms with Crippen LogP contribution in [-0.4, -0.2) is 37.3 Å². The van der Waals surface area contributed by atoms with Gasteiger partial charge >= 0.3 is 0 Å². The zero-order chi connectivity index (χ0) is 12.6. The minimum absolute atomic E-state index is 0.128. The Morgan fingerprint density at radius 1 is 1.31 bits per heavy atom. The third-order valence-corrected chi connectivity index (χ3v) is 8.66. The summed E-state index contributed by atoms with van der Waals surface area (Å²) in [5.41, 5.74) is 0. The van der Waals surface area contributed by atoms with Gasteiger partial charge in [-0.1, -0.05) is 20.8 Å². The lowest BCUT2D eigenvalue weighted by Crippen LogP contribution is -2.49. The first-order valence-electron chi connectivity index (χ1n) is 6.14. The second-order valence-electron chi connectivity index (χ2n) is 6.48. The Hall–Kier alpha value is 0.0969. The van der Waals surface area contributed by atoms with Crippen molar-refractivity contribution in [2.75, 3.05) is 6.61 Å². The third kappa shape index (κ3) is 3.06. The SMILES string of the molecule is CC(C)(C)[Si](C)(C)O[C@H]1C[C@@H](C(O)CO)C1. The van der Waals surface area contributed by atoms with E-state index in [0.717, 1.165) is 12.8 Å². The van der Waals surface area contributed by atoms with Crippen molar-refractivity contribution in [2.24, 2.45) is 5.92 Å². The Bertz CT molecular complexity index is 229. The van der Waals surface area contributed by atoms with Gasteiger partial charge in [0, 0.05) is 6.10 Å². The third-order valence-electron chi connectivity index (χ3n) is 4.13. The summed E-state index contributed by atoms with van der Waals surface area (Å²) in [5, 5.41) is 18.5. The maximum absolute atomic E-state index is 9.46. The summed E-state index contributed by atoms with van der Waals surface area (Å²) < 4.78 is 6.21. The molecule has 0 radical (unpaired) electrons. The fourth-order valence-corrected chi connectivity index (χ4v) is 3.14. The van der Waals surface area contributed by atoms with Crippen LogP contribution >= 0.6 is 0 Å². The highest BCUT2D eigenvalue weighted by atomic mass is 28.4. The van der Waals surface area contributed by atoms with Crippen LogP contribution in [0.4, 0.5) is 0 Å². The van der Waals surface area contributed by atoms with E-state index < -0.39 is 14.4 Å². The molecule has 0 aromatic rings. The molecule has 1 unspecified atom stereocenters. The Kier molecular flexibility index (Phi) is 4.22. The van der Waals surface area contributed by atoms with Crippen LogP contribution in [0, 0.1) is 5.92 Å². The standard InChI is InChI=1S/C12H26O3Si/c1-12(2,3)16(4,5)15-10-6-9(7-10)11(14)8-13/h9-11,13-14H,6-8H2,1-5H3/t9-,10+,11?. The van der Waals surface area contributed by atoms with Crippen LogP contribution in [-0.2, 0) is 4.43 Å². The van der Waals surface area contributed by atoms with E-state index in [9.17, 15) is 5.11 Å². The first-order chi connectivity index (χ1) is 7.17. The van der Waals surface area contributed by atoms with Gasteiger partial charge < -0.3 is 14.6 Å². The Morgan fingerprint density at radius 3 is 2.19 bits per heavy atom. The van der Waals surface area contributed by atoms with Crippen LogP contribution in [0.5, 0.6) is 0 Å². The predicted octanol–water partition coefficient (Wildman–Crippen LogP) is 2.14. The fraction of sp³-hybridized carbons (Fsp3) is 1.00. The van der Waals surface area contributed by atoms with E-state index in [2.05, 4.69) is 33.9 Å². The van der Waals surface area contributed by atoms with Crippen LogP contribution in [0.15, 0.2) is 0 Å². The molecule has 0 aliphatic heterocycles. The van der Waals surface area contributed by atoms with Crippen LogP contribution in [0.25, 0.3) is 0 Å². The molecule has 1 saturated carbocycles. The van der Waals surface area contributed by atoms with Crippen molar-refractivity contribution in [1.82, 2.24) is 0 Å². The van der Waals surface area contributed by atoms with Crippen molar-refractivity contribution in [1.29, 1.82) is 0 Å². The highest BCUT2D eigenvalue weighted by Crippen LogP contribution is 2.42. The average Bonchev–Trinajstić information content (AvgIpc) is 2.07. The Labute approximate surface area is 100.0 Å². The van der Waals surface area contributed by atoms with E-state index in [-0.39, 0.29) is 17.6 Å². The van der Waals surface area contributed by atoms with Gasteiger partial charge in [0.2, 0.25) is 0 Å². The number of aliphatic hydroxyl groups is 2.